The van der Waals surface area contributed by atoms with Crippen molar-refractivity contribution in [1.29, 1.82) is 0 Å². The van der Waals surface area contributed by atoms with Gasteiger partial charge in [-0.2, -0.15) is 0 Å². The minimum absolute atomic E-state index is 0.0905. The molecule has 6 heteroatoms. The quantitative estimate of drug-likeness (QED) is 0.889. The van der Waals surface area contributed by atoms with Crippen LogP contribution in [0.4, 0.5) is 5.82 Å². The number of anilines is 1. The van der Waals surface area contributed by atoms with Crippen molar-refractivity contribution in [3.8, 4) is 0 Å². The van der Waals surface area contributed by atoms with Gasteiger partial charge in [-0.1, -0.05) is 6.92 Å². The van der Waals surface area contributed by atoms with Crippen molar-refractivity contribution < 1.29 is 4.79 Å². The molecule has 0 radical (unpaired) electrons. The topological polar surface area (TPSA) is 58.1 Å². The van der Waals surface area contributed by atoms with Gasteiger partial charge >= 0.3 is 0 Å². The van der Waals surface area contributed by atoms with Crippen LogP contribution in [0.2, 0.25) is 0 Å². The molecule has 2 aromatic rings. The highest BCUT2D eigenvalue weighted by Gasteiger charge is 2.12. The van der Waals surface area contributed by atoms with Gasteiger partial charge in [-0.05, 0) is 26.3 Å². The molecule has 5 nitrogen and oxygen atoms in total. The number of aromatic nitrogens is 2. The zero-order valence-electron chi connectivity index (χ0n) is 12.1. The number of carbonyl (C=O) groups is 1. The fourth-order valence-corrected chi connectivity index (χ4v) is 3.00. The number of amides is 1. The van der Waals surface area contributed by atoms with Crippen molar-refractivity contribution in [3.05, 3.63) is 17.3 Å². The van der Waals surface area contributed by atoms with Gasteiger partial charge in [0.2, 0.25) is 5.91 Å². The maximum absolute atomic E-state index is 12.0. The summed E-state index contributed by atoms with van der Waals surface area (Å²) in [4.78, 5) is 24.6. The molecule has 0 aliphatic carbocycles. The molecule has 0 bridgehead atoms. The Morgan fingerprint density at radius 1 is 1.30 bits per heavy atom. The lowest BCUT2D eigenvalue weighted by molar-refractivity contribution is -0.128. The fourth-order valence-electron chi connectivity index (χ4n) is 2.07. The summed E-state index contributed by atoms with van der Waals surface area (Å²) < 4.78 is 0. The van der Waals surface area contributed by atoms with E-state index in [1.165, 1.54) is 4.88 Å². The number of rotatable bonds is 6. The number of nitrogens with one attached hydrogen (secondary N) is 1. The first-order valence-electron chi connectivity index (χ1n) is 6.94. The minimum Gasteiger partial charge on any atom is -0.360 e. The van der Waals surface area contributed by atoms with Crippen LogP contribution in [0.5, 0.6) is 0 Å². The number of carbonyl (C=O) groups excluding carboxylic acids is 1. The summed E-state index contributed by atoms with van der Waals surface area (Å²) in [5.74, 6) is 0.833. The smallest absolute Gasteiger partial charge is 0.241 e. The van der Waals surface area contributed by atoms with Gasteiger partial charge in [0.15, 0.2) is 0 Å². The summed E-state index contributed by atoms with van der Waals surface area (Å²) in [5, 5.41) is 4.14. The van der Waals surface area contributed by atoms with Crippen LogP contribution in [0, 0.1) is 0 Å². The molecule has 1 amide bonds. The maximum atomic E-state index is 12.0. The molecule has 2 rings (SSSR count). The molecular formula is C14H20N4OS. The van der Waals surface area contributed by atoms with Crippen LogP contribution in [0.25, 0.3) is 10.2 Å². The third-order valence-electron chi connectivity index (χ3n) is 3.25. The van der Waals surface area contributed by atoms with Gasteiger partial charge < -0.3 is 10.2 Å². The largest absolute Gasteiger partial charge is 0.360 e. The molecule has 0 aromatic carbocycles. The van der Waals surface area contributed by atoms with Gasteiger partial charge in [0, 0.05) is 18.0 Å². The molecule has 2 heterocycles. The van der Waals surface area contributed by atoms with Crippen LogP contribution >= 0.6 is 11.3 Å². The number of aryl methyl sites for hydroxylation is 1. The van der Waals surface area contributed by atoms with Crippen molar-refractivity contribution in [2.45, 2.75) is 27.2 Å². The van der Waals surface area contributed by atoms with Crippen LogP contribution in [-0.2, 0) is 11.2 Å². The number of hydrogen-bond donors (Lipinski definition) is 1. The Labute approximate surface area is 123 Å². The number of hydrogen-bond acceptors (Lipinski definition) is 5. The Bertz CT molecular complexity index is 592. The number of nitrogens with zero attached hydrogens (tertiary/aromatic N) is 3. The zero-order valence-corrected chi connectivity index (χ0v) is 13.0. The Balaban J connectivity index is 2.13. The Morgan fingerprint density at radius 2 is 2.05 bits per heavy atom. The van der Waals surface area contributed by atoms with Gasteiger partial charge in [-0.25, -0.2) is 9.97 Å². The van der Waals surface area contributed by atoms with Crippen molar-refractivity contribution >= 4 is 33.3 Å². The normalized spacial score (nSPS) is 10.8. The third-order valence-corrected chi connectivity index (χ3v) is 4.44. The summed E-state index contributed by atoms with van der Waals surface area (Å²) in [6.07, 6.45) is 2.53. The van der Waals surface area contributed by atoms with Gasteiger partial charge in [0.1, 0.15) is 17.0 Å². The first-order chi connectivity index (χ1) is 9.69. The van der Waals surface area contributed by atoms with E-state index < -0.39 is 0 Å². The maximum Gasteiger partial charge on any atom is 0.241 e. The van der Waals surface area contributed by atoms with E-state index in [0.717, 1.165) is 35.5 Å². The second-order valence-corrected chi connectivity index (χ2v) is 5.54. The molecule has 0 aliphatic heterocycles. The Morgan fingerprint density at radius 3 is 2.70 bits per heavy atom. The first-order valence-corrected chi connectivity index (χ1v) is 7.76. The molecule has 2 aromatic heterocycles. The molecule has 0 saturated heterocycles. The Hall–Kier alpha value is -1.69. The second kappa shape index (κ2) is 6.65. The van der Waals surface area contributed by atoms with E-state index in [0.29, 0.717) is 0 Å². The van der Waals surface area contributed by atoms with E-state index in [2.05, 4.69) is 28.3 Å². The predicted molar refractivity (Wildman–Crippen MR) is 83.2 cm³/mol. The summed E-state index contributed by atoms with van der Waals surface area (Å²) in [5.41, 5.74) is 0. The van der Waals surface area contributed by atoms with Crippen molar-refractivity contribution in [2.75, 3.05) is 25.0 Å². The van der Waals surface area contributed by atoms with E-state index in [9.17, 15) is 4.79 Å². The minimum atomic E-state index is 0.0905. The molecular weight excluding hydrogens is 272 g/mol. The average molecular weight is 292 g/mol. The van der Waals surface area contributed by atoms with E-state index >= 15 is 0 Å². The van der Waals surface area contributed by atoms with Crippen molar-refractivity contribution in [1.82, 2.24) is 14.9 Å². The molecule has 108 valence electrons. The molecule has 0 aliphatic rings. The highest BCUT2D eigenvalue weighted by atomic mass is 32.1. The van der Waals surface area contributed by atoms with E-state index in [1.54, 1.807) is 22.6 Å². The van der Waals surface area contributed by atoms with Crippen LogP contribution < -0.4 is 5.32 Å². The molecule has 20 heavy (non-hydrogen) atoms. The lowest BCUT2D eigenvalue weighted by Gasteiger charge is -2.18. The lowest BCUT2D eigenvalue weighted by atomic mass is 10.3. The van der Waals surface area contributed by atoms with Crippen molar-refractivity contribution in [3.63, 3.8) is 0 Å². The fraction of sp³-hybridized carbons (Fsp3) is 0.500. The zero-order chi connectivity index (χ0) is 14.5. The van der Waals surface area contributed by atoms with Crippen LogP contribution in [0.1, 0.15) is 25.6 Å². The van der Waals surface area contributed by atoms with Gasteiger partial charge in [-0.15, -0.1) is 11.3 Å². The number of likely N-dealkylation sites (N-methyl/N-ethyl adjacent to an activating group) is 1. The summed E-state index contributed by atoms with van der Waals surface area (Å²) >= 11 is 1.67. The van der Waals surface area contributed by atoms with Crippen LogP contribution in [0.15, 0.2) is 12.4 Å². The standard InChI is InChI=1S/C14H20N4OS/c1-4-10-7-11-13(16-9-17-14(11)20-10)15-8-12(19)18(5-2)6-3/h7,9H,4-6,8H2,1-3H3,(H,15,16,17). The lowest BCUT2D eigenvalue weighted by Crippen LogP contribution is -2.35. The monoisotopic (exact) mass is 292 g/mol. The second-order valence-electron chi connectivity index (χ2n) is 4.43. The number of thiophene rings is 1. The molecule has 1 N–H and O–H groups in total. The molecule has 0 atom stereocenters. The van der Waals surface area contributed by atoms with Crippen LogP contribution in [-0.4, -0.2) is 40.4 Å². The Kier molecular flexibility index (Phi) is 4.89. The highest BCUT2D eigenvalue weighted by Crippen LogP contribution is 2.28. The van der Waals surface area contributed by atoms with E-state index in [-0.39, 0.29) is 12.5 Å². The SMILES string of the molecule is CCc1cc2c(NCC(=O)N(CC)CC)ncnc2s1. The number of fused-ring (bicyclic) bond motifs is 1. The van der Waals surface area contributed by atoms with Crippen LogP contribution in [0.3, 0.4) is 0 Å². The molecule has 0 fully saturated rings. The molecule has 0 saturated carbocycles. The highest BCUT2D eigenvalue weighted by molar-refractivity contribution is 7.18. The summed E-state index contributed by atoms with van der Waals surface area (Å²) in [6, 6.07) is 2.10. The van der Waals surface area contributed by atoms with E-state index in [4.69, 9.17) is 0 Å². The van der Waals surface area contributed by atoms with Gasteiger partial charge in [0.05, 0.1) is 11.9 Å². The molecule has 0 unspecified atom stereocenters. The van der Waals surface area contributed by atoms with Gasteiger partial charge in [-0.3, -0.25) is 4.79 Å². The first kappa shape index (κ1) is 14.7. The predicted octanol–water partition coefficient (Wildman–Crippen LogP) is 2.53. The average Bonchev–Trinajstić information content (AvgIpc) is 2.90. The van der Waals surface area contributed by atoms with Gasteiger partial charge in [0.25, 0.3) is 0 Å². The summed E-state index contributed by atoms with van der Waals surface area (Å²) in [7, 11) is 0. The summed E-state index contributed by atoms with van der Waals surface area (Å²) in [6.45, 7) is 7.82. The third kappa shape index (κ3) is 3.07. The van der Waals surface area contributed by atoms with Crippen molar-refractivity contribution in [2.24, 2.45) is 0 Å². The van der Waals surface area contributed by atoms with E-state index in [1.807, 2.05) is 13.8 Å². The molecule has 0 spiro atoms.